The summed E-state index contributed by atoms with van der Waals surface area (Å²) >= 11 is 2.77. The van der Waals surface area contributed by atoms with Crippen LogP contribution in [0.1, 0.15) is 16.7 Å². The molecule has 2 amide bonds. The van der Waals surface area contributed by atoms with Gasteiger partial charge in [0.25, 0.3) is 11.1 Å². The molecule has 1 aliphatic rings. The first kappa shape index (κ1) is 28.0. The zero-order chi connectivity index (χ0) is 27.4. The molecule has 8 nitrogen and oxygen atoms in total. The molecule has 1 aliphatic heterocycles. The fourth-order valence-electron chi connectivity index (χ4n) is 3.50. The number of aryl methyl sites for hydroxylation is 2. The minimum Gasteiger partial charge on any atom is -0.493 e. The molecule has 1 fully saturated rings. The van der Waals surface area contributed by atoms with Crippen LogP contribution in [0.4, 0.5) is 4.79 Å². The van der Waals surface area contributed by atoms with E-state index in [0.717, 1.165) is 27.8 Å². The maximum absolute atomic E-state index is 12.9. The predicted octanol–water partition coefficient (Wildman–Crippen LogP) is 5.80. The Hall–Kier alpha value is -3.03. The Morgan fingerprint density at radius 2 is 1.61 bits per heavy atom. The largest absolute Gasteiger partial charge is 0.493 e. The van der Waals surface area contributed by atoms with Crippen LogP contribution in [0.15, 0.2) is 70.5 Å². The lowest BCUT2D eigenvalue weighted by molar-refractivity contribution is -0.123. The lowest BCUT2D eigenvalue weighted by Crippen LogP contribution is -2.32. The molecular formula is C27H24INO7S2. The highest BCUT2D eigenvalue weighted by Crippen LogP contribution is 2.38. The predicted molar refractivity (Wildman–Crippen MR) is 154 cm³/mol. The highest BCUT2D eigenvalue weighted by atomic mass is 127. The molecule has 0 unspecified atom stereocenters. The fourth-order valence-corrected chi connectivity index (χ4v) is 6.21. The highest BCUT2D eigenvalue weighted by Gasteiger charge is 2.35. The first-order chi connectivity index (χ1) is 18.1. The van der Waals surface area contributed by atoms with Gasteiger partial charge in [0.05, 0.1) is 22.1 Å². The van der Waals surface area contributed by atoms with Crippen LogP contribution in [0.25, 0.3) is 6.08 Å². The van der Waals surface area contributed by atoms with Gasteiger partial charge in [-0.15, -0.1) is 0 Å². The molecule has 0 N–H and O–H groups in total. The second-order valence-corrected chi connectivity index (χ2v) is 12.1. The number of amides is 2. The van der Waals surface area contributed by atoms with E-state index in [0.29, 0.717) is 14.9 Å². The van der Waals surface area contributed by atoms with Crippen LogP contribution in [-0.4, -0.2) is 44.7 Å². The van der Waals surface area contributed by atoms with E-state index < -0.39 is 16.0 Å². The Kier molecular flexibility index (Phi) is 8.68. The second-order valence-electron chi connectivity index (χ2n) is 8.38. The molecule has 1 heterocycles. The Balaban J connectivity index is 1.49. The number of hydrogen-bond acceptors (Lipinski definition) is 8. The summed E-state index contributed by atoms with van der Waals surface area (Å²) < 4.78 is 42.5. The summed E-state index contributed by atoms with van der Waals surface area (Å²) in [7, 11) is -2.71. The van der Waals surface area contributed by atoms with E-state index in [1.54, 1.807) is 30.3 Å². The molecule has 0 bridgehead atoms. The maximum Gasteiger partial charge on any atom is 0.339 e. The smallest absolute Gasteiger partial charge is 0.339 e. The maximum atomic E-state index is 12.9. The third-order valence-corrected chi connectivity index (χ3v) is 8.47. The van der Waals surface area contributed by atoms with Gasteiger partial charge in [0.15, 0.2) is 11.5 Å². The quantitative estimate of drug-likeness (QED) is 0.161. The SMILES string of the molecule is COc1cc(/C=C2\SC(=O)N(CCOc3ccc(C)cc3)C2=O)cc(I)c1OS(=O)(=O)c1ccc(C)cc1. The molecular weight excluding hydrogens is 641 g/mol. The summed E-state index contributed by atoms with van der Waals surface area (Å²) in [5.74, 6) is 0.437. The summed E-state index contributed by atoms with van der Waals surface area (Å²) in [6, 6.07) is 17.0. The summed E-state index contributed by atoms with van der Waals surface area (Å²) in [5, 5.41) is -0.389. The van der Waals surface area contributed by atoms with E-state index in [1.807, 2.05) is 60.7 Å². The lowest BCUT2D eigenvalue weighted by Gasteiger charge is -2.14. The number of rotatable bonds is 9. The number of carbonyl (C=O) groups excluding carboxylic acids is 2. The lowest BCUT2D eigenvalue weighted by atomic mass is 10.2. The molecule has 0 aliphatic carbocycles. The molecule has 11 heteroatoms. The Morgan fingerprint density at radius 1 is 0.974 bits per heavy atom. The van der Waals surface area contributed by atoms with Gasteiger partial charge in [-0.25, -0.2) is 0 Å². The van der Waals surface area contributed by atoms with Crippen molar-refractivity contribution in [3.8, 4) is 17.2 Å². The molecule has 0 aromatic heterocycles. The van der Waals surface area contributed by atoms with Gasteiger partial charge < -0.3 is 13.7 Å². The van der Waals surface area contributed by atoms with Crippen molar-refractivity contribution in [2.75, 3.05) is 20.3 Å². The Labute approximate surface area is 239 Å². The average Bonchev–Trinajstić information content (AvgIpc) is 3.14. The number of carbonyl (C=O) groups is 2. The number of imide groups is 1. The van der Waals surface area contributed by atoms with Gasteiger partial charge in [0, 0.05) is 0 Å². The summed E-state index contributed by atoms with van der Waals surface area (Å²) in [4.78, 5) is 26.8. The molecule has 0 radical (unpaired) electrons. The van der Waals surface area contributed by atoms with Crippen molar-refractivity contribution >= 4 is 61.7 Å². The fraction of sp³-hybridized carbons (Fsp3) is 0.185. The topological polar surface area (TPSA) is 99.2 Å². The van der Waals surface area contributed by atoms with Crippen LogP contribution in [0, 0.1) is 17.4 Å². The average molecular weight is 666 g/mol. The summed E-state index contributed by atoms with van der Waals surface area (Å²) in [6.45, 7) is 4.11. The summed E-state index contributed by atoms with van der Waals surface area (Å²) in [6.07, 6.45) is 1.56. The monoisotopic (exact) mass is 665 g/mol. The van der Waals surface area contributed by atoms with Crippen molar-refractivity contribution in [2.24, 2.45) is 0 Å². The number of nitrogens with zero attached hydrogens (tertiary/aromatic N) is 1. The number of halogens is 1. The van der Waals surface area contributed by atoms with Crippen LogP contribution in [0.3, 0.4) is 0 Å². The van der Waals surface area contributed by atoms with Crippen molar-refractivity contribution in [2.45, 2.75) is 18.7 Å². The Bertz CT molecular complexity index is 1500. The van der Waals surface area contributed by atoms with E-state index in [1.165, 1.54) is 19.2 Å². The zero-order valence-corrected chi connectivity index (χ0v) is 24.6. The van der Waals surface area contributed by atoms with Crippen LogP contribution < -0.4 is 13.7 Å². The van der Waals surface area contributed by atoms with Gasteiger partial charge in [0.2, 0.25) is 0 Å². The van der Waals surface area contributed by atoms with Crippen LogP contribution in [0.5, 0.6) is 17.2 Å². The van der Waals surface area contributed by atoms with E-state index in [4.69, 9.17) is 13.7 Å². The third kappa shape index (κ3) is 6.51. The third-order valence-electron chi connectivity index (χ3n) is 5.53. The van der Waals surface area contributed by atoms with E-state index in [9.17, 15) is 18.0 Å². The number of hydrogen-bond donors (Lipinski definition) is 0. The van der Waals surface area contributed by atoms with Gasteiger partial charge >= 0.3 is 10.1 Å². The first-order valence-corrected chi connectivity index (χ1v) is 14.7. The molecule has 198 valence electrons. The zero-order valence-electron chi connectivity index (χ0n) is 20.8. The van der Waals surface area contributed by atoms with Crippen molar-refractivity contribution < 1.29 is 31.7 Å². The number of methoxy groups -OCH3 is 1. The van der Waals surface area contributed by atoms with E-state index >= 15 is 0 Å². The van der Waals surface area contributed by atoms with Gasteiger partial charge in [-0.3, -0.25) is 14.5 Å². The molecule has 3 aromatic carbocycles. The molecule has 0 saturated carbocycles. The molecule has 38 heavy (non-hydrogen) atoms. The summed E-state index contributed by atoms with van der Waals surface area (Å²) in [5.41, 5.74) is 2.57. The van der Waals surface area contributed by atoms with Crippen molar-refractivity contribution in [1.29, 1.82) is 0 Å². The van der Waals surface area contributed by atoms with Gasteiger partial charge in [-0.1, -0.05) is 35.4 Å². The standard InChI is InChI=1S/C27H24INO7S2/c1-17-4-8-20(9-5-17)35-13-12-29-26(30)24(37-27(29)31)16-19-14-22(28)25(23(15-19)34-3)36-38(32,33)21-10-6-18(2)7-11-21/h4-11,14-16H,12-13H2,1-3H3/b24-16-. The van der Waals surface area contributed by atoms with Crippen LogP contribution >= 0.6 is 34.4 Å². The van der Waals surface area contributed by atoms with E-state index in [-0.39, 0.29) is 39.7 Å². The molecule has 1 saturated heterocycles. The van der Waals surface area contributed by atoms with Crippen LogP contribution in [0.2, 0.25) is 0 Å². The minimum atomic E-state index is -4.10. The minimum absolute atomic E-state index is 0.0186. The van der Waals surface area contributed by atoms with Crippen molar-refractivity contribution in [1.82, 2.24) is 4.90 Å². The highest BCUT2D eigenvalue weighted by molar-refractivity contribution is 14.1. The van der Waals surface area contributed by atoms with Gasteiger partial charge in [0.1, 0.15) is 17.3 Å². The van der Waals surface area contributed by atoms with Crippen LogP contribution in [-0.2, 0) is 14.9 Å². The second kappa shape index (κ2) is 11.8. The first-order valence-electron chi connectivity index (χ1n) is 11.4. The number of ether oxygens (including phenoxy) is 2. The molecule has 4 rings (SSSR count). The van der Waals surface area contributed by atoms with Gasteiger partial charge in [-0.05, 0) is 96.2 Å². The van der Waals surface area contributed by atoms with Gasteiger partial charge in [-0.2, -0.15) is 8.42 Å². The van der Waals surface area contributed by atoms with E-state index in [2.05, 4.69) is 0 Å². The normalized spacial score (nSPS) is 14.7. The van der Waals surface area contributed by atoms with Crippen molar-refractivity contribution in [3.63, 3.8) is 0 Å². The number of thioether (sulfide) groups is 1. The Morgan fingerprint density at radius 3 is 2.24 bits per heavy atom. The molecule has 3 aromatic rings. The van der Waals surface area contributed by atoms with Crippen molar-refractivity contribution in [3.05, 3.63) is 85.8 Å². The molecule has 0 atom stereocenters. The number of benzene rings is 3. The molecule has 0 spiro atoms.